The first kappa shape index (κ1) is 27.3. The zero-order valence-electron chi connectivity index (χ0n) is 21.5. The van der Waals surface area contributed by atoms with Crippen molar-refractivity contribution in [1.82, 2.24) is 5.43 Å². The standard InChI is InChI=1S/C28H26N4O6S/c1-19-4-11-25(16-20(19)2)31(39(3,36)37)18-21-5-7-23(8-6-21)28(33)30-29-17-26-14-15-27(38-26)22-9-12-24(13-10-22)32(34)35/h4-17H,18H2,1-3H3,(H,30,33)/b29-17+. The fourth-order valence-electron chi connectivity index (χ4n) is 3.75. The van der Waals surface area contributed by atoms with E-state index >= 15 is 0 Å². The molecule has 0 bridgehead atoms. The molecular weight excluding hydrogens is 520 g/mol. The molecule has 200 valence electrons. The number of hydrogen-bond donors (Lipinski definition) is 1. The Kier molecular flexibility index (Phi) is 7.91. The van der Waals surface area contributed by atoms with E-state index in [4.69, 9.17) is 4.42 Å². The topological polar surface area (TPSA) is 135 Å². The van der Waals surface area contributed by atoms with Crippen molar-refractivity contribution < 1.29 is 22.6 Å². The van der Waals surface area contributed by atoms with Crippen molar-refractivity contribution >= 4 is 33.5 Å². The molecule has 1 aromatic heterocycles. The molecule has 0 saturated heterocycles. The highest BCUT2D eigenvalue weighted by Crippen LogP contribution is 2.25. The molecule has 4 rings (SSSR count). The van der Waals surface area contributed by atoms with Crippen LogP contribution in [0.5, 0.6) is 0 Å². The number of nitrogens with zero attached hydrogens (tertiary/aromatic N) is 3. The highest BCUT2D eigenvalue weighted by atomic mass is 32.2. The number of aryl methyl sites for hydroxylation is 2. The molecule has 1 heterocycles. The highest BCUT2D eigenvalue weighted by molar-refractivity contribution is 7.92. The second kappa shape index (κ2) is 11.3. The molecule has 0 saturated carbocycles. The van der Waals surface area contributed by atoms with Gasteiger partial charge < -0.3 is 4.42 Å². The van der Waals surface area contributed by atoms with E-state index in [0.29, 0.717) is 33.9 Å². The van der Waals surface area contributed by atoms with Crippen molar-refractivity contribution in [2.75, 3.05) is 10.6 Å². The minimum atomic E-state index is -3.53. The fourth-order valence-corrected chi connectivity index (χ4v) is 4.63. The molecule has 11 heteroatoms. The van der Waals surface area contributed by atoms with E-state index in [9.17, 15) is 23.3 Å². The molecule has 0 unspecified atom stereocenters. The Labute approximate surface area is 225 Å². The summed E-state index contributed by atoms with van der Waals surface area (Å²) in [5, 5.41) is 14.7. The van der Waals surface area contributed by atoms with E-state index in [-0.39, 0.29) is 12.2 Å². The first-order valence-corrected chi connectivity index (χ1v) is 13.7. The van der Waals surface area contributed by atoms with Gasteiger partial charge in [0, 0.05) is 23.3 Å². The molecular formula is C28H26N4O6S. The number of nitrogens with one attached hydrogen (secondary N) is 1. The summed E-state index contributed by atoms with van der Waals surface area (Å²) in [6, 6.07) is 21.4. The van der Waals surface area contributed by atoms with Crippen molar-refractivity contribution in [3.05, 3.63) is 117 Å². The van der Waals surface area contributed by atoms with Crippen LogP contribution in [0.4, 0.5) is 11.4 Å². The maximum absolute atomic E-state index is 12.5. The summed E-state index contributed by atoms with van der Waals surface area (Å²) >= 11 is 0. The number of benzene rings is 3. The van der Waals surface area contributed by atoms with Crippen molar-refractivity contribution in [3.8, 4) is 11.3 Å². The molecule has 1 N–H and O–H groups in total. The SMILES string of the molecule is Cc1ccc(N(Cc2ccc(C(=O)N/N=C/c3ccc(-c4ccc([N+](=O)[O-])cc4)o3)cc2)S(C)(=O)=O)cc1C. The third-order valence-electron chi connectivity index (χ3n) is 6.07. The lowest BCUT2D eigenvalue weighted by Crippen LogP contribution is -2.29. The number of carbonyl (C=O) groups is 1. The maximum Gasteiger partial charge on any atom is 0.271 e. The van der Waals surface area contributed by atoms with Gasteiger partial charge in [0.1, 0.15) is 11.5 Å². The Morgan fingerprint density at radius 3 is 2.31 bits per heavy atom. The number of nitro groups is 1. The minimum absolute atomic E-state index is 0.0167. The number of anilines is 1. The molecule has 39 heavy (non-hydrogen) atoms. The van der Waals surface area contributed by atoms with Crippen molar-refractivity contribution in [2.45, 2.75) is 20.4 Å². The van der Waals surface area contributed by atoms with E-state index in [1.54, 1.807) is 54.6 Å². The number of hydrogen-bond acceptors (Lipinski definition) is 7. The number of nitro benzene ring substituents is 1. The van der Waals surface area contributed by atoms with Crippen LogP contribution in [0, 0.1) is 24.0 Å². The van der Waals surface area contributed by atoms with E-state index in [1.807, 2.05) is 26.0 Å². The van der Waals surface area contributed by atoms with Crippen LogP contribution in [0.25, 0.3) is 11.3 Å². The van der Waals surface area contributed by atoms with Crippen LogP contribution in [-0.2, 0) is 16.6 Å². The highest BCUT2D eigenvalue weighted by Gasteiger charge is 2.19. The summed E-state index contributed by atoms with van der Waals surface area (Å²) in [6.45, 7) is 4.02. The molecule has 3 aromatic carbocycles. The molecule has 0 aliphatic rings. The van der Waals surface area contributed by atoms with E-state index < -0.39 is 20.9 Å². The van der Waals surface area contributed by atoms with Gasteiger partial charge in [0.2, 0.25) is 10.0 Å². The van der Waals surface area contributed by atoms with Gasteiger partial charge in [-0.25, -0.2) is 13.8 Å². The van der Waals surface area contributed by atoms with Crippen LogP contribution < -0.4 is 9.73 Å². The van der Waals surface area contributed by atoms with Gasteiger partial charge in [-0.2, -0.15) is 5.10 Å². The molecule has 0 aliphatic carbocycles. The Bertz CT molecular complexity index is 1640. The number of rotatable bonds is 9. The first-order valence-electron chi connectivity index (χ1n) is 11.8. The van der Waals surface area contributed by atoms with Crippen LogP contribution in [0.3, 0.4) is 0 Å². The lowest BCUT2D eigenvalue weighted by Gasteiger charge is -2.23. The van der Waals surface area contributed by atoms with Gasteiger partial charge in [0.25, 0.3) is 11.6 Å². The molecule has 4 aromatic rings. The summed E-state index contributed by atoms with van der Waals surface area (Å²) in [4.78, 5) is 22.8. The Morgan fingerprint density at radius 1 is 1.00 bits per heavy atom. The third kappa shape index (κ3) is 6.76. The Morgan fingerprint density at radius 2 is 1.69 bits per heavy atom. The molecule has 10 nitrogen and oxygen atoms in total. The van der Waals surface area contributed by atoms with Gasteiger partial charge >= 0.3 is 0 Å². The predicted octanol–water partition coefficient (Wildman–Crippen LogP) is 5.20. The van der Waals surface area contributed by atoms with Crippen molar-refractivity contribution in [3.63, 3.8) is 0 Å². The number of non-ortho nitro benzene ring substituents is 1. The smallest absolute Gasteiger partial charge is 0.271 e. The first-order chi connectivity index (χ1) is 18.5. The monoisotopic (exact) mass is 546 g/mol. The number of amides is 1. The zero-order valence-corrected chi connectivity index (χ0v) is 22.3. The molecule has 0 fully saturated rings. The molecule has 0 aliphatic heterocycles. The molecule has 0 atom stereocenters. The van der Waals surface area contributed by atoms with Crippen LogP contribution >= 0.6 is 0 Å². The minimum Gasteiger partial charge on any atom is -0.455 e. The van der Waals surface area contributed by atoms with E-state index in [0.717, 1.165) is 17.4 Å². The largest absolute Gasteiger partial charge is 0.455 e. The van der Waals surface area contributed by atoms with Gasteiger partial charge in [-0.3, -0.25) is 19.2 Å². The molecule has 0 spiro atoms. The van der Waals surface area contributed by atoms with Gasteiger partial charge in [-0.15, -0.1) is 0 Å². The van der Waals surface area contributed by atoms with Crippen LogP contribution in [0.2, 0.25) is 0 Å². The molecule has 1 amide bonds. The second-order valence-corrected chi connectivity index (χ2v) is 10.8. The van der Waals surface area contributed by atoms with Crippen molar-refractivity contribution in [1.29, 1.82) is 0 Å². The Hall–Kier alpha value is -4.77. The molecule has 0 radical (unpaired) electrons. The van der Waals surface area contributed by atoms with Crippen molar-refractivity contribution in [2.24, 2.45) is 5.10 Å². The summed E-state index contributed by atoms with van der Waals surface area (Å²) in [6.07, 6.45) is 2.50. The fraction of sp³-hybridized carbons (Fsp3) is 0.143. The second-order valence-electron chi connectivity index (χ2n) is 8.94. The normalized spacial score (nSPS) is 11.5. The van der Waals surface area contributed by atoms with E-state index in [2.05, 4.69) is 10.5 Å². The lowest BCUT2D eigenvalue weighted by atomic mass is 10.1. The van der Waals surface area contributed by atoms with Gasteiger partial charge in [0.15, 0.2) is 0 Å². The average Bonchev–Trinajstić information content (AvgIpc) is 3.37. The van der Waals surface area contributed by atoms with Crippen LogP contribution in [0.15, 0.2) is 88.4 Å². The summed E-state index contributed by atoms with van der Waals surface area (Å²) < 4.78 is 31.9. The average molecular weight is 547 g/mol. The Balaban J connectivity index is 1.38. The van der Waals surface area contributed by atoms with Gasteiger partial charge in [-0.1, -0.05) is 18.2 Å². The van der Waals surface area contributed by atoms with Crippen LogP contribution in [-0.4, -0.2) is 31.7 Å². The van der Waals surface area contributed by atoms with E-state index in [1.165, 1.54) is 22.7 Å². The maximum atomic E-state index is 12.5. The quantitative estimate of drug-likeness (QED) is 0.174. The third-order valence-corrected chi connectivity index (χ3v) is 7.21. The summed E-state index contributed by atoms with van der Waals surface area (Å²) in [5.74, 6) is 0.428. The van der Waals surface area contributed by atoms with Gasteiger partial charge in [0.05, 0.1) is 29.6 Å². The number of sulfonamides is 1. The van der Waals surface area contributed by atoms with Gasteiger partial charge in [-0.05, 0) is 79.1 Å². The summed E-state index contributed by atoms with van der Waals surface area (Å²) in [7, 11) is -3.53. The number of hydrazone groups is 1. The van der Waals surface area contributed by atoms with Crippen LogP contribution in [0.1, 0.15) is 32.8 Å². The summed E-state index contributed by atoms with van der Waals surface area (Å²) in [5.41, 5.74) is 6.77. The zero-order chi connectivity index (χ0) is 28.2. The lowest BCUT2D eigenvalue weighted by molar-refractivity contribution is -0.384. The number of carbonyl (C=O) groups excluding carboxylic acids is 1. The number of furan rings is 1. The predicted molar refractivity (Wildman–Crippen MR) is 149 cm³/mol.